The molecule has 0 unspecified atom stereocenters. The molecule has 0 radical (unpaired) electrons. The summed E-state index contributed by atoms with van der Waals surface area (Å²) in [5.41, 5.74) is 0. The average molecular weight is 341 g/mol. The van der Waals surface area contributed by atoms with Crippen molar-refractivity contribution in [3.05, 3.63) is 0 Å². The highest BCUT2D eigenvalue weighted by atomic mass is 16.7. The summed E-state index contributed by atoms with van der Waals surface area (Å²) in [6.45, 7) is 5.13. The Morgan fingerprint density at radius 3 is 2.62 bits per heavy atom. The summed E-state index contributed by atoms with van der Waals surface area (Å²) in [6, 6.07) is -0.128. The first-order valence-corrected chi connectivity index (χ1v) is 8.26. The van der Waals surface area contributed by atoms with Crippen molar-refractivity contribution in [3.63, 3.8) is 0 Å². The van der Waals surface area contributed by atoms with E-state index in [-0.39, 0.29) is 25.2 Å². The van der Waals surface area contributed by atoms with E-state index >= 15 is 0 Å². The quantitative estimate of drug-likeness (QED) is 0.269. The van der Waals surface area contributed by atoms with Crippen molar-refractivity contribution in [2.45, 2.75) is 45.4 Å². The van der Waals surface area contributed by atoms with Crippen molar-refractivity contribution >= 4 is 11.9 Å². The van der Waals surface area contributed by atoms with Crippen LogP contribution in [-0.2, 0) is 28.5 Å². The minimum Gasteiger partial charge on any atom is -0.467 e. The molecular formula is C17H27NO6. The van der Waals surface area contributed by atoms with Gasteiger partial charge in [0.1, 0.15) is 13.2 Å². The molecule has 0 aromatic carbocycles. The van der Waals surface area contributed by atoms with Gasteiger partial charge in [0, 0.05) is 19.6 Å². The molecule has 0 bridgehead atoms. The van der Waals surface area contributed by atoms with Crippen LogP contribution in [0.3, 0.4) is 0 Å². The van der Waals surface area contributed by atoms with Gasteiger partial charge in [0.2, 0.25) is 5.91 Å². The minimum absolute atomic E-state index is 0.0560. The van der Waals surface area contributed by atoms with Gasteiger partial charge in [0.05, 0.1) is 19.7 Å². The summed E-state index contributed by atoms with van der Waals surface area (Å²) >= 11 is 0. The first kappa shape index (κ1) is 20.4. The molecule has 1 atom stereocenters. The zero-order chi connectivity index (χ0) is 17.8. The lowest BCUT2D eigenvalue weighted by Gasteiger charge is -2.38. The summed E-state index contributed by atoms with van der Waals surface area (Å²) in [5, 5.41) is 0. The van der Waals surface area contributed by atoms with Gasteiger partial charge in [-0.25, -0.2) is 4.79 Å². The Hall–Kier alpha value is -1.62. The standard InChI is InChI=1S/C17H27NO6/c1-4-23-17(24-5-2)14-9-8-10-15(19)18(14)11-6-7-12-22-13-16(20)21-3/h14,17H,4-5,8-13H2,1-3H3/t14-/m1/s1. The van der Waals surface area contributed by atoms with E-state index in [1.165, 1.54) is 7.11 Å². The molecule has 0 aromatic rings. The molecule has 0 saturated carbocycles. The van der Waals surface area contributed by atoms with Crippen molar-refractivity contribution < 1.29 is 28.5 Å². The van der Waals surface area contributed by atoms with Crippen LogP contribution in [0.2, 0.25) is 0 Å². The van der Waals surface area contributed by atoms with Crippen LogP contribution in [0.25, 0.3) is 0 Å². The molecule has 0 aromatic heterocycles. The van der Waals surface area contributed by atoms with Crippen molar-refractivity contribution in [2.75, 3.05) is 40.1 Å². The highest BCUT2D eigenvalue weighted by molar-refractivity contribution is 5.77. The third-order valence-corrected chi connectivity index (χ3v) is 3.58. The average Bonchev–Trinajstić information content (AvgIpc) is 2.58. The van der Waals surface area contributed by atoms with E-state index in [1.54, 1.807) is 4.90 Å². The fourth-order valence-electron chi connectivity index (χ4n) is 2.47. The third kappa shape index (κ3) is 6.87. The molecule has 1 aliphatic rings. The van der Waals surface area contributed by atoms with Gasteiger partial charge in [-0.05, 0) is 26.7 Å². The van der Waals surface area contributed by atoms with Crippen LogP contribution in [0.5, 0.6) is 0 Å². The first-order chi connectivity index (χ1) is 11.6. The number of nitrogens with zero attached hydrogens (tertiary/aromatic N) is 1. The van der Waals surface area contributed by atoms with Crippen molar-refractivity contribution in [3.8, 4) is 11.8 Å². The van der Waals surface area contributed by atoms with E-state index < -0.39 is 12.3 Å². The number of amides is 1. The van der Waals surface area contributed by atoms with Crippen molar-refractivity contribution in [1.29, 1.82) is 0 Å². The maximum absolute atomic E-state index is 12.2. The second kappa shape index (κ2) is 11.8. The Morgan fingerprint density at radius 2 is 2.00 bits per heavy atom. The van der Waals surface area contributed by atoms with Gasteiger partial charge < -0.3 is 23.8 Å². The Bertz CT molecular complexity index is 450. The molecule has 24 heavy (non-hydrogen) atoms. The van der Waals surface area contributed by atoms with Crippen LogP contribution in [0.1, 0.15) is 33.1 Å². The second-order valence-electron chi connectivity index (χ2n) is 5.18. The summed E-state index contributed by atoms with van der Waals surface area (Å²) in [4.78, 5) is 24.8. The predicted octanol–water partition coefficient (Wildman–Crippen LogP) is 0.960. The Morgan fingerprint density at radius 1 is 1.29 bits per heavy atom. The van der Waals surface area contributed by atoms with E-state index in [0.29, 0.717) is 26.2 Å². The second-order valence-corrected chi connectivity index (χ2v) is 5.18. The van der Waals surface area contributed by atoms with Gasteiger partial charge in [-0.3, -0.25) is 4.79 Å². The molecule has 1 saturated heterocycles. The maximum atomic E-state index is 12.2. The van der Waals surface area contributed by atoms with Gasteiger partial charge >= 0.3 is 5.97 Å². The molecule has 1 amide bonds. The molecule has 1 rings (SSSR count). The number of rotatable bonds is 9. The Kier molecular flexibility index (Phi) is 10.1. The van der Waals surface area contributed by atoms with Gasteiger partial charge in [0.15, 0.2) is 6.29 Å². The monoisotopic (exact) mass is 341 g/mol. The molecule has 1 fully saturated rings. The normalized spacial score (nSPS) is 17.6. The summed E-state index contributed by atoms with van der Waals surface area (Å²) in [7, 11) is 1.30. The fourth-order valence-corrected chi connectivity index (χ4v) is 2.47. The summed E-state index contributed by atoms with van der Waals surface area (Å²) in [5.74, 6) is 5.32. The molecular weight excluding hydrogens is 314 g/mol. The van der Waals surface area contributed by atoms with Crippen LogP contribution in [0.15, 0.2) is 0 Å². The minimum atomic E-state index is -0.445. The van der Waals surface area contributed by atoms with E-state index in [0.717, 1.165) is 12.8 Å². The van der Waals surface area contributed by atoms with Crippen LogP contribution in [-0.4, -0.2) is 69.2 Å². The number of carbonyl (C=O) groups excluding carboxylic acids is 2. The zero-order valence-corrected chi connectivity index (χ0v) is 14.7. The zero-order valence-electron chi connectivity index (χ0n) is 14.7. The summed E-state index contributed by atoms with van der Waals surface area (Å²) < 4.78 is 20.8. The molecule has 7 heteroatoms. The van der Waals surface area contributed by atoms with Crippen molar-refractivity contribution in [2.24, 2.45) is 0 Å². The van der Waals surface area contributed by atoms with Gasteiger partial charge in [-0.1, -0.05) is 11.8 Å². The number of piperidine rings is 1. The van der Waals surface area contributed by atoms with Gasteiger partial charge in [-0.15, -0.1) is 0 Å². The highest BCUT2D eigenvalue weighted by Crippen LogP contribution is 2.23. The largest absolute Gasteiger partial charge is 0.467 e. The SMILES string of the molecule is CCOC(OCC)[C@H]1CCCC(=O)N1CC#CCOCC(=O)OC. The number of ether oxygens (including phenoxy) is 4. The number of carbonyl (C=O) groups is 2. The fraction of sp³-hybridized carbons (Fsp3) is 0.765. The van der Waals surface area contributed by atoms with Crippen LogP contribution < -0.4 is 0 Å². The number of likely N-dealkylation sites (tertiary alicyclic amines) is 1. The Balaban J connectivity index is 2.57. The molecule has 0 spiro atoms. The third-order valence-electron chi connectivity index (χ3n) is 3.58. The molecule has 0 aliphatic carbocycles. The van der Waals surface area contributed by atoms with Crippen LogP contribution >= 0.6 is 0 Å². The number of esters is 1. The lowest BCUT2D eigenvalue weighted by Crippen LogP contribution is -2.51. The number of hydrogen-bond acceptors (Lipinski definition) is 6. The first-order valence-electron chi connectivity index (χ1n) is 8.26. The van der Waals surface area contributed by atoms with E-state index in [2.05, 4.69) is 16.6 Å². The van der Waals surface area contributed by atoms with E-state index in [9.17, 15) is 9.59 Å². The molecule has 1 heterocycles. The van der Waals surface area contributed by atoms with Gasteiger partial charge in [-0.2, -0.15) is 0 Å². The number of hydrogen-bond donors (Lipinski definition) is 0. The number of methoxy groups -OCH3 is 1. The summed E-state index contributed by atoms with van der Waals surface area (Å²) in [6.07, 6.45) is 1.74. The smallest absolute Gasteiger partial charge is 0.331 e. The lowest BCUT2D eigenvalue weighted by molar-refractivity contribution is -0.185. The highest BCUT2D eigenvalue weighted by Gasteiger charge is 2.34. The van der Waals surface area contributed by atoms with Crippen LogP contribution in [0.4, 0.5) is 0 Å². The molecule has 7 nitrogen and oxygen atoms in total. The predicted molar refractivity (Wildman–Crippen MR) is 87.0 cm³/mol. The topological polar surface area (TPSA) is 74.3 Å². The van der Waals surface area contributed by atoms with E-state index in [4.69, 9.17) is 14.2 Å². The van der Waals surface area contributed by atoms with E-state index in [1.807, 2.05) is 13.8 Å². The Labute approximate surface area is 143 Å². The maximum Gasteiger partial charge on any atom is 0.331 e. The molecule has 136 valence electrons. The van der Waals surface area contributed by atoms with Crippen molar-refractivity contribution in [1.82, 2.24) is 4.90 Å². The van der Waals surface area contributed by atoms with Gasteiger partial charge in [0.25, 0.3) is 0 Å². The lowest BCUT2D eigenvalue weighted by atomic mass is 10.0. The molecule has 1 aliphatic heterocycles. The molecule has 0 N–H and O–H groups in total. The van der Waals surface area contributed by atoms with Crippen LogP contribution in [0, 0.1) is 11.8 Å².